The number of aliphatic carboxylic acids is 1. The number of nitrogens with zero attached hydrogens (tertiary/aromatic N) is 1. The summed E-state index contributed by atoms with van der Waals surface area (Å²) in [5.41, 5.74) is 4.03. The number of carboxylic acids is 1. The molecule has 0 amide bonds. The SMILES string of the molecule is O=C(O)Cc1sc(-c2cc3cc(Br)ccc3oc2=O)nc1-c1ccc(Cc2ccccc2)cc1. The molecule has 0 aliphatic carbocycles. The Morgan fingerprint density at radius 2 is 1.71 bits per heavy atom. The number of hydrogen-bond donors (Lipinski definition) is 1. The fourth-order valence-corrected chi connectivity index (χ4v) is 5.26. The van der Waals surface area contributed by atoms with Crippen molar-refractivity contribution in [1.29, 1.82) is 0 Å². The van der Waals surface area contributed by atoms with Gasteiger partial charge in [-0.1, -0.05) is 70.5 Å². The fraction of sp³-hybridized carbons (Fsp3) is 0.0741. The predicted molar refractivity (Wildman–Crippen MR) is 137 cm³/mol. The lowest BCUT2D eigenvalue weighted by molar-refractivity contribution is -0.136. The number of carboxylic acid groups (broad SMARTS) is 1. The molecule has 0 saturated carbocycles. The molecule has 5 aromatic rings. The molecule has 3 aromatic carbocycles. The van der Waals surface area contributed by atoms with Gasteiger partial charge in [0.05, 0.1) is 17.7 Å². The zero-order chi connectivity index (χ0) is 23.7. The van der Waals surface area contributed by atoms with Crippen LogP contribution in [-0.4, -0.2) is 16.1 Å². The number of carbonyl (C=O) groups is 1. The van der Waals surface area contributed by atoms with Crippen molar-refractivity contribution >= 4 is 44.2 Å². The second kappa shape index (κ2) is 9.37. The molecular weight excluding hydrogens is 514 g/mol. The van der Waals surface area contributed by atoms with Gasteiger partial charge in [-0.25, -0.2) is 9.78 Å². The van der Waals surface area contributed by atoms with Crippen molar-refractivity contribution in [2.24, 2.45) is 0 Å². The number of benzene rings is 3. The number of aromatic nitrogens is 1. The quantitative estimate of drug-likeness (QED) is 0.251. The number of fused-ring (bicyclic) bond motifs is 1. The van der Waals surface area contributed by atoms with Gasteiger partial charge in [0.2, 0.25) is 0 Å². The van der Waals surface area contributed by atoms with Crippen LogP contribution in [0.4, 0.5) is 0 Å². The summed E-state index contributed by atoms with van der Waals surface area (Å²) in [4.78, 5) is 29.5. The van der Waals surface area contributed by atoms with Crippen LogP contribution in [0.2, 0.25) is 0 Å². The summed E-state index contributed by atoms with van der Waals surface area (Å²) in [6, 6.07) is 25.3. The molecule has 168 valence electrons. The van der Waals surface area contributed by atoms with Gasteiger partial charge in [-0.2, -0.15) is 0 Å². The van der Waals surface area contributed by atoms with E-state index in [2.05, 4.69) is 28.1 Å². The van der Waals surface area contributed by atoms with E-state index < -0.39 is 11.6 Å². The van der Waals surface area contributed by atoms with Crippen LogP contribution in [0.15, 0.2) is 92.5 Å². The van der Waals surface area contributed by atoms with Crippen molar-refractivity contribution in [2.45, 2.75) is 12.8 Å². The molecule has 2 heterocycles. The maximum Gasteiger partial charge on any atom is 0.346 e. The van der Waals surface area contributed by atoms with Crippen molar-refractivity contribution in [2.75, 3.05) is 0 Å². The van der Waals surface area contributed by atoms with Crippen molar-refractivity contribution in [3.8, 4) is 21.8 Å². The maximum absolute atomic E-state index is 12.7. The molecule has 2 aromatic heterocycles. The molecule has 0 aliphatic rings. The zero-order valence-corrected chi connectivity index (χ0v) is 20.2. The Bertz CT molecular complexity index is 1560. The molecular formula is C27H18BrNO4S. The average molecular weight is 532 g/mol. The predicted octanol–water partition coefficient (Wildman–Crippen LogP) is 6.56. The smallest absolute Gasteiger partial charge is 0.346 e. The monoisotopic (exact) mass is 531 g/mol. The van der Waals surface area contributed by atoms with Gasteiger partial charge < -0.3 is 9.52 Å². The van der Waals surface area contributed by atoms with Crippen molar-refractivity contribution in [1.82, 2.24) is 4.98 Å². The standard InChI is InChI=1S/C27H18BrNO4S/c28-20-10-11-22-19(13-20)14-21(27(32)33-22)26-29-25(23(34-26)15-24(30)31)18-8-6-17(7-9-18)12-16-4-2-1-3-5-16/h1-11,13-14H,12,15H2,(H,30,31). The Hall–Kier alpha value is -3.55. The molecule has 5 rings (SSSR count). The Labute approximate surface area is 207 Å². The third-order valence-electron chi connectivity index (χ3n) is 5.41. The minimum absolute atomic E-state index is 0.177. The van der Waals surface area contributed by atoms with Gasteiger partial charge in [-0.15, -0.1) is 11.3 Å². The van der Waals surface area contributed by atoms with Crippen LogP contribution >= 0.6 is 27.3 Å². The lowest BCUT2D eigenvalue weighted by atomic mass is 10.0. The van der Waals surface area contributed by atoms with E-state index in [1.165, 1.54) is 16.9 Å². The third-order valence-corrected chi connectivity index (χ3v) is 6.99. The first-order chi connectivity index (χ1) is 16.5. The zero-order valence-electron chi connectivity index (χ0n) is 17.8. The summed E-state index contributed by atoms with van der Waals surface area (Å²) in [6.45, 7) is 0. The third kappa shape index (κ3) is 4.71. The molecule has 0 saturated heterocycles. The van der Waals surface area contributed by atoms with E-state index >= 15 is 0 Å². The van der Waals surface area contributed by atoms with Gasteiger partial charge in [0.15, 0.2) is 0 Å². The number of thiazole rings is 1. The summed E-state index contributed by atoms with van der Waals surface area (Å²) in [6.07, 6.45) is 0.627. The van der Waals surface area contributed by atoms with E-state index in [1.807, 2.05) is 48.5 Å². The second-order valence-corrected chi connectivity index (χ2v) is 9.85. The van der Waals surface area contributed by atoms with Crippen LogP contribution in [0.1, 0.15) is 16.0 Å². The van der Waals surface area contributed by atoms with E-state index in [0.29, 0.717) is 26.7 Å². The highest BCUT2D eigenvalue weighted by Gasteiger charge is 2.19. The van der Waals surface area contributed by atoms with Crippen LogP contribution in [0.5, 0.6) is 0 Å². The molecule has 0 radical (unpaired) electrons. The highest BCUT2D eigenvalue weighted by Crippen LogP contribution is 2.34. The molecule has 5 nitrogen and oxygen atoms in total. The van der Waals surface area contributed by atoms with E-state index in [9.17, 15) is 14.7 Å². The van der Waals surface area contributed by atoms with E-state index in [-0.39, 0.29) is 6.42 Å². The molecule has 0 bridgehead atoms. The first kappa shape index (κ1) is 22.3. The van der Waals surface area contributed by atoms with Crippen LogP contribution in [0.25, 0.3) is 32.8 Å². The molecule has 0 atom stereocenters. The Morgan fingerprint density at radius 1 is 0.971 bits per heavy atom. The average Bonchev–Trinajstić information content (AvgIpc) is 3.23. The Kier molecular flexibility index (Phi) is 6.13. The number of rotatable bonds is 6. The first-order valence-corrected chi connectivity index (χ1v) is 12.2. The number of halogens is 1. The van der Waals surface area contributed by atoms with E-state index in [0.717, 1.165) is 27.4 Å². The number of hydrogen-bond acceptors (Lipinski definition) is 5. The van der Waals surface area contributed by atoms with E-state index in [4.69, 9.17) is 9.40 Å². The molecule has 0 unspecified atom stereocenters. The second-order valence-electron chi connectivity index (χ2n) is 7.85. The molecule has 7 heteroatoms. The molecule has 0 fully saturated rings. The molecule has 0 spiro atoms. The van der Waals surface area contributed by atoms with Gasteiger partial charge >= 0.3 is 11.6 Å². The van der Waals surface area contributed by atoms with Gasteiger partial charge in [0.25, 0.3) is 0 Å². The summed E-state index contributed by atoms with van der Waals surface area (Å²) < 4.78 is 6.35. The summed E-state index contributed by atoms with van der Waals surface area (Å²) in [7, 11) is 0. The van der Waals surface area contributed by atoms with Gasteiger partial charge in [-0.05, 0) is 41.8 Å². The lowest BCUT2D eigenvalue weighted by Crippen LogP contribution is -2.02. The highest BCUT2D eigenvalue weighted by molar-refractivity contribution is 9.10. The minimum Gasteiger partial charge on any atom is -0.481 e. The Morgan fingerprint density at radius 3 is 2.44 bits per heavy atom. The first-order valence-electron chi connectivity index (χ1n) is 10.5. The van der Waals surface area contributed by atoms with Crippen LogP contribution in [-0.2, 0) is 17.6 Å². The molecule has 0 aliphatic heterocycles. The summed E-state index contributed by atoms with van der Waals surface area (Å²) in [5, 5.41) is 10.6. The van der Waals surface area contributed by atoms with Gasteiger partial charge in [0.1, 0.15) is 10.6 Å². The molecule has 34 heavy (non-hydrogen) atoms. The van der Waals surface area contributed by atoms with Crippen molar-refractivity contribution in [3.05, 3.63) is 110 Å². The maximum atomic E-state index is 12.7. The molecule has 1 N–H and O–H groups in total. The van der Waals surface area contributed by atoms with Gasteiger partial charge in [0, 0.05) is 20.3 Å². The fourth-order valence-electron chi connectivity index (χ4n) is 3.81. The lowest BCUT2D eigenvalue weighted by Gasteiger charge is -2.05. The van der Waals surface area contributed by atoms with Gasteiger partial charge in [-0.3, -0.25) is 4.79 Å². The summed E-state index contributed by atoms with van der Waals surface area (Å²) in [5.74, 6) is -0.952. The van der Waals surface area contributed by atoms with E-state index in [1.54, 1.807) is 18.2 Å². The Balaban J connectivity index is 1.54. The van der Waals surface area contributed by atoms with Crippen molar-refractivity contribution in [3.63, 3.8) is 0 Å². The van der Waals surface area contributed by atoms with Crippen molar-refractivity contribution < 1.29 is 14.3 Å². The minimum atomic E-state index is -0.952. The summed E-state index contributed by atoms with van der Waals surface area (Å²) >= 11 is 4.64. The van der Waals surface area contributed by atoms with Crippen LogP contribution in [0, 0.1) is 0 Å². The largest absolute Gasteiger partial charge is 0.481 e. The normalized spacial score (nSPS) is 11.1. The highest BCUT2D eigenvalue weighted by atomic mass is 79.9. The topological polar surface area (TPSA) is 80.4 Å². The van der Waals surface area contributed by atoms with Crippen LogP contribution < -0.4 is 5.63 Å². The van der Waals surface area contributed by atoms with Crippen LogP contribution in [0.3, 0.4) is 0 Å².